The molecule has 0 aromatic heterocycles. The van der Waals surface area contributed by atoms with Gasteiger partial charge in [0, 0.05) is 13.1 Å². The summed E-state index contributed by atoms with van der Waals surface area (Å²) in [6.45, 7) is 2.57. The molecule has 0 saturated heterocycles. The van der Waals surface area contributed by atoms with Crippen LogP contribution in [0.1, 0.15) is 13.3 Å². The summed E-state index contributed by atoms with van der Waals surface area (Å²) in [5.74, 6) is -1.33. The summed E-state index contributed by atoms with van der Waals surface area (Å²) in [5, 5.41) is 8.58. The second-order valence-electron chi connectivity index (χ2n) is 3.05. The first kappa shape index (κ1) is 13.9. The van der Waals surface area contributed by atoms with Crippen LogP contribution in [0.2, 0.25) is 0 Å². The van der Waals surface area contributed by atoms with Gasteiger partial charge >= 0.3 is 5.97 Å². The first-order valence-corrected chi connectivity index (χ1v) is 4.89. The molecule has 0 aromatic carbocycles. The molecule has 0 aliphatic rings. The quantitative estimate of drug-likeness (QED) is 0.525. The van der Waals surface area contributed by atoms with Crippen LogP contribution < -0.4 is 5.73 Å². The second kappa shape index (κ2) is 8.19. The third-order valence-corrected chi connectivity index (χ3v) is 1.66. The maximum absolute atomic E-state index is 11.4. The minimum absolute atomic E-state index is 0.107. The molecule has 0 rings (SSSR count). The number of hydrogen-bond donors (Lipinski definition) is 2. The molecule has 0 heterocycles. The lowest BCUT2D eigenvalue weighted by molar-refractivity contribution is -0.146. The zero-order valence-corrected chi connectivity index (χ0v) is 8.94. The molecule has 0 aliphatic heterocycles. The van der Waals surface area contributed by atoms with Crippen LogP contribution in [-0.4, -0.2) is 54.7 Å². The fourth-order valence-corrected chi connectivity index (χ4v) is 1.06. The van der Waals surface area contributed by atoms with Crippen LogP contribution in [0.5, 0.6) is 0 Å². The Morgan fingerprint density at radius 3 is 2.60 bits per heavy atom. The van der Waals surface area contributed by atoms with E-state index >= 15 is 0 Å². The van der Waals surface area contributed by atoms with Crippen molar-refractivity contribution in [3.8, 4) is 0 Å². The maximum Gasteiger partial charge on any atom is 0.323 e. The molecule has 6 heteroatoms. The molecule has 0 radical (unpaired) electrons. The molecule has 0 fully saturated rings. The third kappa shape index (κ3) is 6.87. The van der Waals surface area contributed by atoms with Gasteiger partial charge in [0.25, 0.3) is 0 Å². The van der Waals surface area contributed by atoms with Crippen molar-refractivity contribution in [2.45, 2.75) is 13.3 Å². The van der Waals surface area contributed by atoms with Gasteiger partial charge in [-0.05, 0) is 6.42 Å². The number of amides is 1. The van der Waals surface area contributed by atoms with Gasteiger partial charge in [0.1, 0.15) is 13.2 Å². The zero-order chi connectivity index (χ0) is 11.7. The Hall–Kier alpha value is -1.14. The van der Waals surface area contributed by atoms with Crippen LogP contribution in [0.25, 0.3) is 0 Å². The highest BCUT2D eigenvalue weighted by molar-refractivity contribution is 5.82. The molecular weight excluding hydrogens is 200 g/mol. The molecule has 0 unspecified atom stereocenters. The van der Waals surface area contributed by atoms with E-state index in [4.69, 9.17) is 15.6 Å². The summed E-state index contributed by atoms with van der Waals surface area (Å²) in [6, 6.07) is 0. The smallest absolute Gasteiger partial charge is 0.323 e. The van der Waals surface area contributed by atoms with Gasteiger partial charge in [-0.15, -0.1) is 0 Å². The predicted octanol–water partition coefficient (Wildman–Crippen LogP) is -0.715. The molecule has 3 N–H and O–H groups in total. The minimum atomic E-state index is -1.02. The molecule has 15 heavy (non-hydrogen) atoms. The van der Waals surface area contributed by atoms with Crippen molar-refractivity contribution in [1.82, 2.24) is 4.90 Å². The lowest BCUT2D eigenvalue weighted by atomic mass is 10.4. The summed E-state index contributed by atoms with van der Waals surface area (Å²) in [6.07, 6.45) is 0.718. The monoisotopic (exact) mass is 218 g/mol. The molecule has 0 saturated carbocycles. The number of carbonyl (C=O) groups excluding carboxylic acids is 1. The lowest BCUT2D eigenvalue weighted by Crippen LogP contribution is -2.38. The van der Waals surface area contributed by atoms with Crippen LogP contribution in [-0.2, 0) is 14.3 Å². The summed E-state index contributed by atoms with van der Waals surface area (Å²) in [5.41, 5.74) is 5.19. The highest BCUT2D eigenvalue weighted by atomic mass is 16.5. The lowest BCUT2D eigenvalue weighted by Gasteiger charge is -2.19. The number of hydrogen-bond acceptors (Lipinski definition) is 4. The fraction of sp³-hybridized carbons (Fsp3) is 0.778. The van der Waals surface area contributed by atoms with Crippen LogP contribution in [0.4, 0.5) is 0 Å². The molecule has 0 atom stereocenters. The van der Waals surface area contributed by atoms with Crippen molar-refractivity contribution in [2.24, 2.45) is 5.73 Å². The Balaban J connectivity index is 3.98. The number of carbonyl (C=O) groups is 2. The van der Waals surface area contributed by atoms with Gasteiger partial charge in [-0.2, -0.15) is 0 Å². The van der Waals surface area contributed by atoms with E-state index in [-0.39, 0.29) is 19.1 Å². The van der Waals surface area contributed by atoms with E-state index in [0.29, 0.717) is 19.7 Å². The summed E-state index contributed by atoms with van der Waals surface area (Å²) >= 11 is 0. The summed E-state index contributed by atoms with van der Waals surface area (Å²) in [7, 11) is 0. The molecule has 6 nitrogen and oxygen atoms in total. The van der Waals surface area contributed by atoms with Gasteiger partial charge in [-0.25, -0.2) is 0 Å². The van der Waals surface area contributed by atoms with Gasteiger partial charge in [-0.3, -0.25) is 9.59 Å². The van der Waals surface area contributed by atoms with Crippen molar-refractivity contribution in [1.29, 1.82) is 0 Å². The van der Waals surface area contributed by atoms with E-state index in [0.717, 1.165) is 6.42 Å². The van der Waals surface area contributed by atoms with Crippen LogP contribution in [0.3, 0.4) is 0 Å². The normalized spacial score (nSPS) is 10.0. The average molecular weight is 218 g/mol. The standard InChI is InChI=1S/C9H18N2O4/c1-2-4-11(6-9(13)14)8(12)7-15-5-3-10/h2-7,10H2,1H3,(H,13,14). The van der Waals surface area contributed by atoms with E-state index < -0.39 is 5.97 Å². The first-order chi connectivity index (χ1) is 7.11. The zero-order valence-electron chi connectivity index (χ0n) is 8.94. The largest absolute Gasteiger partial charge is 0.480 e. The predicted molar refractivity (Wildman–Crippen MR) is 54.4 cm³/mol. The molecule has 0 bridgehead atoms. The van der Waals surface area contributed by atoms with Gasteiger partial charge in [0.15, 0.2) is 0 Å². The highest BCUT2D eigenvalue weighted by Crippen LogP contribution is 1.93. The molecule has 88 valence electrons. The number of ether oxygens (including phenoxy) is 1. The highest BCUT2D eigenvalue weighted by Gasteiger charge is 2.15. The number of rotatable bonds is 8. The molecular formula is C9H18N2O4. The topological polar surface area (TPSA) is 92.9 Å². The average Bonchev–Trinajstić information content (AvgIpc) is 2.17. The Morgan fingerprint density at radius 1 is 1.47 bits per heavy atom. The number of nitrogens with zero attached hydrogens (tertiary/aromatic N) is 1. The Labute approximate surface area is 89.0 Å². The summed E-state index contributed by atoms with van der Waals surface area (Å²) < 4.78 is 4.94. The van der Waals surface area contributed by atoms with Crippen molar-refractivity contribution in [2.75, 3.05) is 32.8 Å². The van der Waals surface area contributed by atoms with Gasteiger partial charge in [0.2, 0.25) is 5.91 Å². The number of aliphatic carboxylic acids is 1. The first-order valence-electron chi connectivity index (χ1n) is 4.89. The van der Waals surface area contributed by atoms with Crippen molar-refractivity contribution >= 4 is 11.9 Å². The Bertz CT molecular complexity index is 208. The van der Waals surface area contributed by atoms with Gasteiger partial charge < -0.3 is 20.5 Å². The van der Waals surface area contributed by atoms with Crippen LogP contribution in [0, 0.1) is 0 Å². The van der Waals surface area contributed by atoms with E-state index in [9.17, 15) is 9.59 Å². The maximum atomic E-state index is 11.4. The molecule has 1 amide bonds. The van der Waals surface area contributed by atoms with E-state index in [2.05, 4.69) is 0 Å². The van der Waals surface area contributed by atoms with E-state index in [1.54, 1.807) is 0 Å². The molecule has 0 aromatic rings. The van der Waals surface area contributed by atoms with Gasteiger partial charge in [0.05, 0.1) is 6.61 Å². The van der Waals surface area contributed by atoms with Crippen molar-refractivity contribution in [3.63, 3.8) is 0 Å². The number of carboxylic acids is 1. The number of nitrogens with two attached hydrogens (primary N) is 1. The second-order valence-corrected chi connectivity index (χ2v) is 3.05. The minimum Gasteiger partial charge on any atom is -0.480 e. The fourth-order valence-electron chi connectivity index (χ4n) is 1.06. The van der Waals surface area contributed by atoms with E-state index in [1.165, 1.54) is 4.90 Å². The third-order valence-electron chi connectivity index (χ3n) is 1.66. The van der Waals surface area contributed by atoms with E-state index in [1.807, 2.05) is 6.92 Å². The summed E-state index contributed by atoms with van der Waals surface area (Å²) in [4.78, 5) is 23.2. The molecule has 0 aliphatic carbocycles. The SMILES string of the molecule is CCCN(CC(=O)O)C(=O)COCCN. The Morgan fingerprint density at radius 2 is 2.13 bits per heavy atom. The molecule has 0 spiro atoms. The van der Waals surface area contributed by atoms with Crippen molar-refractivity contribution < 1.29 is 19.4 Å². The van der Waals surface area contributed by atoms with Gasteiger partial charge in [-0.1, -0.05) is 6.92 Å². The number of carboxylic acid groups (broad SMARTS) is 1. The van der Waals surface area contributed by atoms with Crippen LogP contribution in [0.15, 0.2) is 0 Å². The van der Waals surface area contributed by atoms with Crippen LogP contribution >= 0.6 is 0 Å². The Kier molecular flexibility index (Phi) is 7.57. The van der Waals surface area contributed by atoms with Crippen molar-refractivity contribution in [3.05, 3.63) is 0 Å².